The van der Waals surface area contributed by atoms with E-state index in [4.69, 9.17) is 4.74 Å². The molecule has 0 aliphatic carbocycles. The summed E-state index contributed by atoms with van der Waals surface area (Å²) in [5, 5.41) is 5.51. The summed E-state index contributed by atoms with van der Waals surface area (Å²) < 4.78 is 7.05. The van der Waals surface area contributed by atoms with Crippen LogP contribution >= 0.6 is 15.9 Å². The smallest absolute Gasteiger partial charge is 0.128 e. The molecule has 0 aromatic heterocycles. The molecule has 3 aromatic rings. The highest BCUT2D eigenvalue weighted by Crippen LogP contribution is 2.27. The van der Waals surface area contributed by atoms with Gasteiger partial charge in [0.05, 0.1) is 0 Å². The summed E-state index contributed by atoms with van der Waals surface area (Å²) in [6.07, 6.45) is 0. The van der Waals surface area contributed by atoms with Crippen LogP contribution < -0.4 is 10.1 Å². The van der Waals surface area contributed by atoms with Crippen LogP contribution in [0.2, 0.25) is 0 Å². The Balaban J connectivity index is 1.87. The maximum absolute atomic E-state index is 5.96. The zero-order chi connectivity index (χ0) is 14.7. The predicted octanol–water partition coefficient (Wildman–Crippen LogP) is 5.11. The van der Waals surface area contributed by atoms with Crippen molar-refractivity contribution in [2.45, 2.75) is 6.54 Å². The summed E-state index contributed by atoms with van der Waals surface area (Å²) in [6.45, 7) is 0.836. The van der Waals surface area contributed by atoms with Gasteiger partial charge in [0.2, 0.25) is 0 Å². The highest BCUT2D eigenvalue weighted by molar-refractivity contribution is 9.10. The van der Waals surface area contributed by atoms with Gasteiger partial charge in [0.25, 0.3) is 0 Å². The number of hydrogen-bond acceptors (Lipinski definition) is 2. The van der Waals surface area contributed by atoms with Crippen molar-refractivity contribution >= 4 is 26.7 Å². The minimum atomic E-state index is 0.836. The molecule has 21 heavy (non-hydrogen) atoms. The second-order valence-corrected chi connectivity index (χ2v) is 5.85. The van der Waals surface area contributed by atoms with Gasteiger partial charge < -0.3 is 10.1 Å². The van der Waals surface area contributed by atoms with Gasteiger partial charge in [-0.25, -0.2) is 0 Å². The molecule has 0 aliphatic rings. The van der Waals surface area contributed by atoms with Crippen molar-refractivity contribution < 1.29 is 4.74 Å². The summed E-state index contributed by atoms with van der Waals surface area (Å²) in [4.78, 5) is 0. The fourth-order valence-electron chi connectivity index (χ4n) is 2.32. The normalized spacial score (nSPS) is 10.8. The van der Waals surface area contributed by atoms with Crippen molar-refractivity contribution in [3.05, 3.63) is 70.7 Å². The van der Waals surface area contributed by atoms with E-state index in [9.17, 15) is 0 Å². The molecule has 0 radical (unpaired) electrons. The number of hydrogen-bond donors (Lipinski definition) is 1. The molecule has 0 saturated carbocycles. The van der Waals surface area contributed by atoms with Crippen molar-refractivity contribution in [3.8, 4) is 11.5 Å². The fourth-order valence-corrected chi connectivity index (χ4v) is 2.70. The lowest BCUT2D eigenvalue weighted by Gasteiger charge is -2.09. The van der Waals surface area contributed by atoms with Crippen molar-refractivity contribution in [1.29, 1.82) is 0 Å². The molecule has 0 unspecified atom stereocenters. The minimum absolute atomic E-state index is 0.836. The average Bonchev–Trinajstić information content (AvgIpc) is 2.48. The average molecular weight is 342 g/mol. The van der Waals surface area contributed by atoms with Gasteiger partial charge in [-0.1, -0.05) is 40.2 Å². The molecule has 0 bridgehead atoms. The Morgan fingerprint density at radius 3 is 2.52 bits per heavy atom. The molecule has 0 spiro atoms. The Morgan fingerprint density at radius 1 is 0.905 bits per heavy atom. The first-order valence-electron chi connectivity index (χ1n) is 6.85. The number of benzene rings is 3. The van der Waals surface area contributed by atoms with Crippen LogP contribution in [-0.4, -0.2) is 7.05 Å². The summed E-state index contributed by atoms with van der Waals surface area (Å²) in [5.41, 5.74) is 1.21. The van der Waals surface area contributed by atoms with E-state index in [2.05, 4.69) is 57.6 Å². The standard InChI is InChI=1S/C18H16BrNO/c1-20-12-13-3-2-4-17(9-13)21-18-8-6-14-10-16(19)7-5-15(14)11-18/h2-11,20H,12H2,1H3. The number of fused-ring (bicyclic) bond motifs is 1. The van der Waals surface area contributed by atoms with Crippen LogP contribution in [0.15, 0.2) is 65.1 Å². The SMILES string of the molecule is CNCc1cccc(Oc2ccc3cc(Br)ccc3c2)c1. The van der Waals surface area contributed by atoms with Crippen molar-refractivity contribution in [3.63, 3.8) is 0 Å². The highest BCUT2D eigenvalue weighted by Gasteiger charge is 2.01. The summed E-state index contributed by atoms with van der Waals surface area (Å²) >= 11 is 3.49. The van der Waals surface area contributed by atoms with Gasteiger partial charge in [0.15, 0.2) is 0 Å². The lowest BCUT2D eigenvalue weighted by Crippen LogP contribution is -2.04. The van der Waals surface area contributed by atoms with Gasteiger partial charge in [0.1, 0.15) is 11.5 Å². The van der Waals surface area contributed by atoms with Gasteiger partial charge in [0, 0.05) is 11.0 Å². The molecule has 0 heterocycles. The number of rotatable bonds is 4. The summed E-state index contributed by atoms with van der Waals surface area (Å²) in [6, 6.07) is 20.5. The maximum atomic E-state index is 5.96. The topological polar surface area (TPSA) is 21.3 Å². The molecule has 0 fully saturated rings. The molecule has 0 saturated heterocycles. The van der Waals surface area contributed by atoms with Crippen molar-refractivity contribution in [2.75, 3.05) is 7.05 Å². The molecular weight excluding hydrogens is 326 g/mol. The van der Waals surface area contributed by atoms with E-state index in [0.717, 1.165) is 22.5 Å². The van der Waals surface area contributed by atoms with Gasteiger partial charge in [-0.15, -0.1) is 0 Å². The van der Waals surface area contributed by atoms with Crippen molar-refractivity contribution in [1.82, 2.24) is 5.32 Å². The number of nitrogens with one attached hydrogen (secondary N) is 1. The quantitative estimate of drug-likeness (QED) is 0.711. The van der Waals surface area contributed by atoms with Crippen LogP contribution in [-0.2, 0) is 6.54 Å². The minimum Gasteiger partial charge on any atom is -0.457 e. The zero-order valence-corrected chi connectivity index (χ0v) is 13.4. The van der Waals surface area contributed by atoms with E-state index < -0.39 is 0 Å². The molecule has 0 atom stereocenters. The molecule has 1 N–H and O–H groups in total. The van der Waals surface area contributed by atoms with E-state index in [1.807, 2.05) is 31.3 Å². The Labute approximate surface area is 132 Å². The van der Waals surface area contributed by atoms with Crippen LogP contribution in [0.25, 0.3) is 10.8 Å². The van der Waals surface area contributed by atoms with Crippen LogP contribution in [0.5, 0.6) is 11.5 Å². The molecule has 0 aliphatic heterocycles. The summed E-state index contributed by atoms with van der Waals surface area (Å²) in [7, 11) is 1.94. The van der Waals surface area contributed by atoms with Crippen molar-refractivity contribution in [2.24, 2.45) is 0 Å². The van der Waals surface area contributed by atoms with Gasteiger partial charge in [-0.3, -0.25) is 0 Å². The predicted molar refractivity (Wildman–Crippen MR) is 90.9 cm³/mol. The molecule has 3 aromatic carbocycles. The molecule has 106 valence electrons. The Hall–Kier alpha value is -1.84. The van der Waals surface area contributed by atoms with Crippen LogP contribution in [0.3, 0.4) is 0 Å². The number of halogens is 1. The van der Waals surface area contributed by atoms with Crippen LogP contribution in [0.1, 0.15) is 5.56 Å². The Kier molecular flexibility index (Phi) is 4.23. The van der Waals surface area contributed by atoms with Gasteiger partial charge >= 0.3 is 0 Å². The maximum Gasteiger partial charge on any atom is 0.128 e. The highest BCUT2D eigenvalue weighted by atomic mass is 79.9. The third-order valence-electron chi connectivity index (χ3n) is 3.29. The molecule has 3 rings (SSSR count). The Morgan fingerprint density at radius 2 is 1.67 bits per heavy atom. The second kappa shape index (κ2) is 6.29. The van der Waals surface area contributed by atoms with E-state index in [1.54, 1.807) is 0 Å². The Bertz CT molecular complexity index is 770. The van der Waals surface area contributed by atoms with Gasteiger partial charge in [-0.2, -0.15) is 0 Å². The second-order valence-electron chi connectivity index (χ2n) is 4.93. The molecule has 3 heteroatoms. The third kappa shape index (κ3) is 3.43. The van der Waals surface area contributed by atoms with Gasteiger partial charge in [-0.05, 0) is 59.8 Å². The lowest BCUT2D eigenvalue weighted by atomic mass is 10.1. The monoisotopic (exact) mass is 341 g/mol. The fraction of sp³-hybridized carbons (Fsp3) is 0.111. The van der Waals surface area contributed by atoms with E-state index in [0.29, 0.717) is 0 Å². The lowest BCUT2D eigenvalue weighted by molar-refractivity contribution is 0.482. The number of ether oxygens (including phenoxy) is 1. The molecular formula is C18H16BrNO. The molecule has 0 amide bonds. The summed E-state index contributed by atoms with van der Waals surface area (Å²) in [5.74, 6) is 1.71. The van der Waals surface area contributed by atoms with Crippen LogP contribution in [0, 0.1) is 0 Å². The van der Waals surface area contributed by atoms with E-state index >= 15 is 0 Å². The largest absolute Gasteiger partial charge is 0.457 e. The van der Waals surface area contributed by atoms with Crippen LogP contribution in [0.4, 0.5) is 0 Å². The third-order valence-corrected chi connectivity index (χ3v) is 3.78. The first-order valence-corrected chi connectivity index (χ1v) is 7.64. The first-order chi connectivity index (χ1) is 10.2. The first kappa shape index (κ1) is 14.1. The molecule has 2 nitrogen and oxygen atoms in total. The zero-order valence-electron chi connectivity index (χ0n) is 11.8. The van der Waals surface area contributed by atoms with E-state index in [1.165, 1.54) is 16.3 Å². The van der Waals surface area contributed by atoms with E-state index in [-0.39, 0.29) is 0 Å².